The van der Waals surface area contributed by atoms with Gasteiger partial charge in [0.15, 0.2) is 0 Å². The molecule has 7 heteroatoms. The van der Waals surface area contributed by atoms with E-state index in [0.717, 1.165) is 5.46 Å². The van der Waals surface area contributed by atoms with Gasteiger partial charge in [-0.15, -0.1) is 0 Å². The van der Waals surface area contributed by atoms with Crippen LogP contribution in [-0.4, -0.2) is 56.8 Å². The maximum absolute atomic E-state index is 5.99. The highest BCUT2D eigenvalue weighted by Gasteiger charge is 2.51. The summed E-state index contributed by atoms with van der Waals surface area (Å²) in [5.41, 5.74) is 0.172. The monoisotopic (exact) mass is 323 g/mol. The summed E-state index contributed by atoms with van der Waals surface area (Å²) in [6.45, 7) is 10.2. The van der Waals surface area contributed by atoms with Crippen LogP contribution < -0.4 is 10.2 Å². The standard InChI is InChI=1S/C16H26BNO5/c1-15(2)16(3,4)23-17(22-15)13-6-7-14(18-12-13)21-11-10-20-9-8-19-5/h6-7,12H,8-11H2,1-5H3. The third-order valence-corrected chi connectivity index (χ3v) is 4.19. The van der Waals surface area contributed by atoms with Gasteiger partial charge in [0.05, 0.1) is 31.0 Å². The molecule has 2 rings (SSSR count). The first-order chi connectivity index (χ1) is 10.9. The number of hydrogen-bond acceptors (Lipinski definition) is 6. The molecule has 2 heterocycles. The Morgan fingerprint density at radius 1 is 1.00 bits per heavy atom. The van der Waals surface area contributed by atoms with Crippen molar-refractivity contribution in [2.24, 2.45) is 0 Å². The molecule has 0 bridgehead atoms. The minimum Gasteiger partial charge on any atom is -0.475 e. The Kier molecular flexibility index (Phi) is 6.03. The summed E-state index contributed by atoms with van der Waals surface area (Å²) in [5, 5.41) is 0. The number of ether oxygens (including phenoxy) is 3. The highest BCUT2D eigenvalue weighted by Crippen LogP contribution is 2.36. The Bertz CT molecular complexity index is 476. The predicted molar refractivity (Wildman–Crippen MR) is 88.1 cm³/mol. The van der Waals surface area contributed by atoms with Gasteiger partial charge in [0.25, 0.3) is 0 Å². The summed E-state index contributed by atoms with van der Waals surface area (Å²) in [5.74, 6) is 0.556. The van der Waals surface area contributed by atoms with Crippen LogP contribution in [0.25, 0.3) is 0 Å². The van der Waals surface area contributed by atoms with Gasteiger partial charge < -0.3 is 23.5 Å². The lowest BCUT2D eigenvalue weighted by Gasteiger charge is -2.32. The van der Waals surface area contributed by atoms with Crippen LogP contribution in [0.15, 0.2) is 18.3 Å². The van der Waals surface area contributed by atoms with Gasteiger partial charge in [-0.05, 0) is 33.8 Å². The SMILES string of the molecule is COCCOCCOc1ccc(B2OC(C)(C)C(C)(C)O2)cn1. The fraction of sp³-hybridized carbons (Fsp3) is 0.688. The van der Waals surface area contributed by atoms with Crippen LogP contribution in [0.2, 0.25) is 0 Å². The molecule has 1 saturated heterocycles. The molecule has 1 aliphatic rings. The van der Waals surface area contributed by atoms with Crippen molar-refractivity contribution >= 4 is 12.6 Å². The Morgan fingerprint density at radius 3 is 2.22 bits per heavy atom. The second kappa shape index (κ2) is 7.62. The molecule has 0 radical (unpaired) electrons. The molecule has 0 amide bonds. The fourth-order valence-electron chi connectivity index (χ4n) is 2.05. The summed E-state index contributed by atoms with van der Waals surface area (Å²) < 4.78 is 27.7. The smallest absolute Gasteiger partial charge is 0.475 e. The van der Waals surface area contributed by atoms with Gasteiger partial charge in [-0.2, -0.15) is 0 Å². The number of nitrogens with zero attached hydrogens (tertiary/aromatic N) is 1. The lowest BCUT2D eigenvalue weighted by atomic mass is 9.80. The van der Waals surface area contributed by atoms with Crippen molar-refractivity contribution in [3.05, 3.63) is 18.3 Å². The van der Waals surface area contributed by atoms with E-state index in [2.05, 4.69) is 4.98 Å². The summed E-state index contributed by atoms with van der Waals surface area (Å²) in [7, 11) is 1.24. The van der Waals surface area contributed by atoms with E-state index < -0.39 is 7.12 Å². The van der Waals surface area contributed by atoms with E-state index in [0.29, 0.717) is 32.3 Å². The Balaban J connectivity index is 1.81. The highest BCUT2D eigenvalue weighted by molar-refractivity contribution is 6.62. The zero-order valence-electron chi connectivity index (χ0n) is 14.6. The molecule has 0 N–H and O–H groups in total. The summed E-state index contributed by atoms with van der Waals surface area (Å²) >= 11 is 0. The molecule has 128 valence electrons. The molecule has 23 heavy (non-hydrogen) atoms. The van der Waals surface area contributed by atoms with Crippen LogP contribution >= 0.6 is 0 Å². The van der Waals surface area contributed by atoms with E-state index in [1.165, 1.54) is 0 Å². The number of methoxy groups -OCH3 is 1. The first-order valence-corrected chi connectivity index (χ1v) is 7.87. The van der Waals surface area contributed by atoms with Gasteiger partial charge in [0.1, 0.15) is 6.61 Å². The molecular formula is C16H26BNO5. The largest absolute Gasteiger partial charge is 0.496 e. The molecule has 0 unspecified atom stereocenters. The zero-order chi connectivity index (χ0) is 16.9. The molecule has 0 saturated carbocycles. The molecule has 1 fully saturated rings. The van der Waals surface area contributed by atoms with E-state index in [4.69, 9.17) is 23.5 Å². The first kappa shape index (κ1) is 18.2. The van der Waals surface area contributed by atoms with Gasteiger partial charge in [0, 0.05) is 18.8 Å². The Hall–Kier alpha value is -1.15. The van der Waals surface area contributed by atoms with Gasteiger partial charge >= 0.3 is 7.12 Å². The van der Waals surface area contributed by atoms with E-state index in [-0.39, 0.29) is 11.2 Å². The predicted octanol–water partition coefficient (Wildman–Crippen LogP) is 1.42. The molecular weight excluding hydrogens is 297 g/mol. The number of rotatable bonds is 8. The van der Waals surface area contributed by atoms with Crippen molar-refractivity contribution in [3.8, 4) is 5.88 Å². The fourth-order valence-corrected chi connectivity index (χ4v) is 2.05. The molecule has 1 aliphatic heterocycles. The topological polar surface area (TPSA) is 59.0 Å². The van der Waals surface area contributed by atoms with Crippen LogP contribution in [0.3, 0.4) is 0 Å². The lowest BCUT2D eigenvalue weighted by molar-refractivity contribution is 0.00578. The van der Waals surface area contributed by atoms with E-state index >= 15 is 0 Å². The Labute approximate surface area is 138 Å². The van der Waals surface area contributed by atoms with Crippen LogP contribution in [-0.2, 0) is 18.8 Å². The maximum Gasteiger partial charge on any atom is 0.496 e. The van der Waals surface area contributed by atoms with Crippen LogP contribution in [0.1, 0.15) is 27.7 Å². The third-order valence-electron chi connectivity index (χ3n) is 4.19. The third kappa shape index (κ3) is 4.67. The molecule has 1 aromatic rings. The van der Waals surface area contributed by atoms with Gasteiger partial charge in [-0.3, -0.25) is 0 Å². The van der Waals surface area contributed by atoms with E-state index in [1.807, 2.05) is 39.8 Å². The van der Waals surface area contributed by atoms with Crippen molar-refractivity contribution in [3.63, 3.8) is 0 Å². The molecule has 6 nitrogen and oxygen atoms in total. The van der Waals surface area contributed by atoms with Crippen molar-refractivity contribution in [1.82, 2.24) is 4.98 Å². The quantitative estimate of drug-likeness (QED) is 0.533. The number of hydrogen-bond donors (Lipinski definition) is 0. The minimum absolute atomic E-state index is 0.355. The molecule has 0 aromatic carbocycles. The average molecular weight is 323 g/mol. The average Bonchev–Trinajstić information content (AvgIpc) is 2.72. The lowest BCUT2D eigenvalue weighted by Crippen LogP contribution is -2.41. The molecule has 0 aliphatic carbocycles. The van der Waals surface area contributed by atoms with E-state index in [9.17, 15) is 0 Å². The maximum atomic E-state index is 5.99. The molecule has 0 spiro atoms. The highest BCUT2D eigenvalue weighted by atomic mass is 16.7. The normalized spacial score (nSPS) is 19.1. The van der Waals surface area contributed by atoms with Crippen molar-refractivity contribution in [2.45, 2.75) is 38.9 Å². The summed E-state index contributed by atoms with van der Waals surface area (Å²) in [6.07, 6.45) is 1.73. The van der Waals surface area contributed by atoms with Crippen molar-refractivity contribution in [1.29, 1.82) is 0 Å². The van der Waals surface area contributed by atoms with Gasteiger partial charge in [-0.1, -0.05) is 6.07 Å². The Morgan fingerprint density at radius 2 is 1.65 bits per heavy atom. The first-order valence-electron chi connectivity index (χ1n) is 7.87. The zero-order valence-corrected chi connectivity index (χ0v) is 14.6. The number of pyridine rings is 1. The summed E-state index contributed by atoms with van der Waals surface area (Å²) in [4.78, 5) is 4.29. The van der Waals surface area contributed by atoms with Crippen LogP contribution in [0, 0.1) is 0 Å². The number of aromatic nitrogens is 1. The second-order valence-electron chi connectivity index (χ2n) is 6.47. The minimum atomic E-state index is -0.404. The van der Waals surface area contributed by atoms with E-state index in [1.54, 1.807) is 13.3 Å². The van der Waals surface area contributed by atoms with Crippen LogP contribution in [0.4, 0.5) is 0 Å². The summed E-state index contributed by atoms with van der Waals surface area (Å²) in [6, 6.07) is 3.73. The van der Waals surface area contributed by atoms with Crippen molar-refractivity contribution in [2.75, 3.05) is 33.5 Å². The molecule has 1 aromatic heterocycles. The van der Waals surface area contributed by atoms with Gasteiger partial charge in [-0.25, -0.2) is 4.98 Å². The van der Waals surface area contributed by atoms with Crippen LogP contribution in [0.5, 0.6) is 5.88 Å². The van der Waals surface area contributed by atoms with Crippen molar-refractivity contribution < 1.29 is 23.5 Å². The second-order valence-corrected chi connectivity index (χ2v) is 6.47. The van der Waals surface area contributed by atoms with Gasteiger partial charge in [0.2, 0.25) is 5.88 Å². The molecule has 0 atom stereocenters.